The van der Waals surface area contributed by atoms with Gasteiger partial charge in [0.15, 0.2) is 0 Å². The average Bonchev–Trinajstić information content (AvgIpc) is 2.91. The van der Waals surface area contributed by atoms with E-state index in [4.69, 9.17) is 10.5 Å². The van der Waals surface area contributed by atoms with Crippen molar-refractivity contribution in [2.45, 2.75) is 75.8 Å². The molecule has 2 rings (SSSR count). The number of nitrogens with zero attached hydrogens (tertiary/aromatic N) is 4. The number of alkyl carbamates (subject to hydrolysis) is 1. The predicted octanol–water partition coefficient (Wildman–Crippen LogP) is 4.54. The number of aromatic nitrogens is 1. The largest absolute Gasteiger partial charge is 0.479 e. The average molecular weight is 595 g/mol. The second kappa shape index (κ2) is 14.1. The number of nitrogens with one attached hydrogen (secondary N) is 1. The van der Waals surface area contributed by atoms with Crippen molar-refractivity contribution in [1.82, 2.24) is 10.3 Å². The molecule has 42 heavy (non-hydrogen) atoms. The van der Waals surface area contributed by atoms with Crippen molar-refractivity contribution in [2.75, 3.05) is 18.5 Å². The van der Waals surface area contributed by atoms with Crippen LogP contribution < -0.4 is 16.0 Å². The molecule has 11 nitrogen and oxygen atoms in total. The number of carbonyl (C=O) groups excluding carboxylic acids is 2. The fourth-order valence-corrected chi connectivity index (χ4v) is 5.47. The summed E-state index contributed by atoms with van der Waals surface area (Å²) in [5, 5.41) is 32.3. The van der Waals surface area contributed by atoms with E-state index < -0.39 is 40.3 Å². The molecule has 1 unspecified atom stereocenters. The number of nitriles is 2. The summed E-state index contributed by atoms with van der Waals surface area (Å²) in [7, 11) is 1.65. The van der Waals surface area contributed by atoms with Crippen LogP contribution >= 0.6 is 11.8 Å². The monoisotopic (exact) mass is 594 g/mol. The lowest BCUT2D eigenvalue weighted by molar-refractivity contribution is -0.147. The molecule has 0 saturated heterocycles. The molecule has 1 aromatic carbocycles. The number of nitrogens with two attached hydrogens (primary N) is 1. The van der Waals surface area contributed by atoms with Crippen molar-refractivity contribution in [2.24, 2.45) is 11.7 Å². The maximum absolute atomic E-state index is 12.6. The Labute approximate surface area is 251 Å². The number of carboxylic acids is 1. The molecule has 0 aliphatic heterocycles. The van der Waals surface area contributed by atoms with Crippen LogP contribution in [-0.2, 0) is 20.7 Å². The topological polar surface area (TPSA) is 182 Å². The van der Waals surface area contributed by atoms with Crippen molar-refractivity contribution < 1.29 is 24.2 Å². The molecule has 2 atom stereocenters. The molecular weight excluding hydrogens is 556 g/mol. The van der Waals surface area contributed by atoms with Gasteiger partial charge >= 0.3 is 12.1 Å². The van der Waals surface area contributed by atoms with E-state index in [2.05, 4.69) is 22.4 Å². The number of ether oxygens (including phenoxy) is 1. The fraction of sp³-hybridized carbons (Fsp3) is 0.467. The number of carboxylic acid groups (broad SMARTS) is 1. The summed E-state index contributed by atoms with van der Waals surface area (Å²) < 4.78 is 5.33. The Morgan fingerprint density at radius 2 is 1.74 bits per heavy atom. The lowest BCUT2D eigenvalue weighted by Gasteiger charge is -2.36. The Morgan fingerprint density at radius 3 is 2.19 bits per heavy atom. The number of anilines is 1. The Bertz CT molecular complexity index is 1390. The van der Waals surface area contributed by atoms with E-state index in [1.165, 1.54) is 0 Å². The third-order valence-corrected chi connectivity index (χ3v) is 7.97. The van der Waals surface area contributed by atoms with E-state index in [1.54, 1.807) is 83.8 Å². The highest BCUT2D eigenvalue weighted by atomic mass is 32.2. The number of carbonyl (C=O) groups is 3. The number of hydrogen-bond donors (Lipinski definition) is 3. The lowest BCUT2D eigenvalue weighted by Crippen LogP contribution is -2.60. The first-order chi connectivity index (χ1) is 19.6. The highest BCUT2D eigenvalue weighted by Crippen LogP contribution is 2.39. The molecule has 2 aromatic rings. The van der Waals surface area contributed by atoms with Crippen LogP contribution in [0.2, 0.25) is 0 Å². The molecule has 0 radical (unpaired) electrons. The van der Waals surface area contributed by atoms with Gasteiger partial charge in [-0.2, -0.15) is 10.5 Å². The second-order valence-corrected chi connectivity index (χ2v) is 12.2. The van der Waals surface area contributed by atoms with Gasteiger partial charge in [0.1, 0.15) is 39.4 Å². The first-order valence-electron chi connectivity index (χ1n) is 13.4. The normalized spacial score (nSPS) is 13.3. The molecule has 0 fully saturated rings. The summed E-state index contributed by atoms with van der Waals surface area (Å²) in [6, 6.07) is 13.1. The minimum atomic E-state index is -1.69. The quantitative estimate of drug-likeness (QED) is 0.295. The second-order valence-electron chi connectivity index (χ2n) is 11.1. The van der Waals surface area contributed by atoms with Gasteiger partial charge in [0, 0.05) is 13.6 Å². The summed E-state index contributed by atoms with van der Waals surface area (Å²) in [5.74, 6) is -2.17. The Hall–Kier alpha value is -4.29. The van der Waals surface area contributed by atoms with Crippen LogP contribution in [0.15, 0.2) is 35.4 Å². The van der Waals surface area contributed by atoms with Crippen LogP contribution in [-0.4, -0.2) is 52.8 Å². The van der Waals surface area contributed by atoms with Gasteiger partial charge in [0.25, 0.3) is 0 Å². The van der Waals surface area contributed by atoms with Gasteiger partial charge in [0.05, 0.1) is 11.1 Å². The zero-order chi connectivity index (χ0) is 31.8. The Balaban J connectivity index is 2.56. The SMILES string of the molecule is CCc1c(C#N)c(SC(C(N)=O)c2ccccc2)nc(N(C)CC[C@@](NC(=O)OC(C)(C)C)(C(=O)O)C(C)C)c1C#N. The molecule has 0 aliphatic rings. The molecular formula is C30H38N6O5S. The van der Waals surface area contributed by atoms with Gasteiger partial charge in [-0.15, -0.1) is 0 Å². The number of aliphatic carboxylic acids is 1. The summed E-state index contributed by atoms with van der Waals surface area (Å²) in [6.45, 7) is 10.3. The van der Waals surface area contributed by atoms with E-state index >= 15 is 0 Å². The number of hydrogen-bond acceptors (Lipinski definition) is 9. The maximum Gasteiger partial charge on any atom is 0.408 e. The first kappa shape index (κ1) is 33.9. The number of pyridine rings is 1. The standard InChI is InChI=1S/C30H38N6O5S/c1-8-20-21(16-31)25(34-26(22(20)17-32)42-23(24(33)37)19-12-10-9-11-13-19)36(7)15-14-30(18(2)3,27(38)39)35-28(40)41-29(4,5)6/h9-13,18,23H,8,14-15H2,1-7H3,(H2,33,37)(H,35,40)(H,38,39)/t23?,30-/m0/s1. The summed E-state index contributed by atoms with van der Waals surface area (Å²) in [4.78, 5) is 43.9. The van der Waals surface area contributed by atoms with Crippen LogP contribution in [0, 0.1) is 28.6 Å². The van der Waals surface area contributed by atoms with E-state index in [9.17, 15) is 30.0 Å². The molecule has 0 spiro atoms. The van der Waals surface area contributed by atoms with Crippen LogP contribution in [0.1, 0.15) is 75.5 Å². The molecule has 4 N–H and O–H groups in total. The molecule has 12 heteroatoms. The predicted molar refractivity (Wildman–Crippen MR) is 160 cm³/mol. The molecule has 0 bridgehead atoms. The van der Waals surface area contributed by atoms with Gasteiger partial charge in [0.2, 0.25) is 5.91 Å². The summed E-state index contributed by atoms with van der Waals surface area (Å²) in [5.41, 5.74) is 4.64. The summed E-state index contributed by atoms with van der Waals surface area (Å²) >= 11 is 1.02. The van der Waals surface area contributed by atoms with E-state index in [0.717, 1.165) is 11.8 Å². The molecule has 224 valence electrons. The molecule has 2 amide bonds. The minimum Gasteiger partial charge on any atom is -0.479 e. The number of amides is 2. The van der Waals surface area contributed by atoms with Crippen LogP contribution in [0.25, 0.3) is 0 Å². The molecule has 0 saturated carbocycles. The fourth-order valence-electron chi connectivity index (χ4n) is 4.41. The van der Waals surface area contributed by atoms with Gasteiger partial charge in [-0.1, -0.05) is 62.9 Å². The van der Waals surface area contributed by atoms with Gasteiger partial charge in [-0.3, -0.25) is 4.79 Å². The van der Waals surface area contributed by atoms with Gasteiger partial charge < -0.3 is 25.8 Å². The Kier molecular flexibility index (Phi) is 11.3. The number of rotatable bonds is 12. The summed E-state index contributed by atoms with van der Waals surface area (Å²) in [6.07, 6.45) is -0.582. The van der Waals surface area contributed by atoms with Crippen molar-refractivity contribution in [3.8, 4) is 12.1 Å². The van der Waals surface area contributed by atoms with Crippen LogP contribution in [0.3, 0.4) is 0 Å². The smallest absolute Gasteiger partial charge is 0.408 e. The lowest BCUT2D eigenvalue weighted by atomic mass is 9.83. The van der Waals surface area contributed by atoms with Crippen LogP contribution in [0.5, 0.6) is 0 Å². The molecule has 1 heterocycles. The Morgan fingerprint density at radius 1 is 1.14 bits per heavy atom. The highest BCUT2D eigenvalue weighted by Gasteiger charge is 2.44. The van der Waals surface area contributed by atoms with Crippen LogP contribution in [0.4, 0.5) is 10.6 Å². The minimum absolute atomic E-state index is 0.0554. The molecule has 0 aliphatic carbocycles. The van der Waals surface area contributed by atoms with Gasteiger partial charge in [-0.25, -0.2) is 14.6 Å². The third-order valence-electron chi connectivity index (χ3n) is 6.71. The molecule has 1 aromatic heterocycles. The first-order valence-corrected chi connectivity index (χ1v) is 14.3. The highest BCUT2D eigenvalue weighted by molar-refractivity contribution is 8.00. The van der Waals surface area contributed by atoms with E-state index in [-0.39, 0.29) is 34.9 Å². The van der Waals surface area contributed by atoms with Crippen molar-refractivity contribution in [3.63, 3.8) is 0 Å². The van der Waals surface area contributed by atoms with Crippen molar-refractivity contribution in [3.05, 3.63) is 52.6 Å². The third kappa shape index (κ3) is 7.92. The zero-order valence-electron chi connectivity index (χ0n) is 25.0. The van der Waals surface area contributed by atoms with E-state index in [0.29, 0.717) is 17.5 Å². The van der Waals surface area contributed by atoms with E-state index in [1.807, 2.05) is 0 Å². The number of benzene rings is 1. The zero-order valence-corrected chi connectivity index (χ0v) is 25.8. The maximum atomic E-state index is 12.6. The van der Waals surface area contributed by atoms with Crippen molar-refractivity contribution in [1.29, 1.82) is 10.5 Å². The van der Waals surface area contributed by atoms with Crippen molar-refractivity contribution >= 4 is 35.5 Å². The number of thioether (sulfide) groups is 1. The van der Waals surface area contributed by atoms with Gasteiger partial charge in [-0.05, 0) is 50.7 Å². The number of primary amides is 1.